The van der Waals surface area contributed by atoms with Crippen LogP contribution in [0.25, 0.3) is 11.3 Å². The topological polar surface area (TPSA) is 81.9 Å². The third-order valence-corrected chi connectivity index (χ3v) is 6.14. The predicted octanol–water partition coefficient (Wildman–Crippen LogP) is 5.76. The first kappa shape index (κ1) is 24.2. The standard InChI is InChI=1S/C26H24F3N5O.H2/c1-17-10-12-34(13-11-17)24(35)21-16-32-25(33-23(21)19-8-6-18(14-30)7-9-19)31-15-20-4-2-3-5-22(20)26(27,28)29;/h2-9,16-17H,10-13,15H2,1H3,(H,31,32,33);1H. The lowest BCUT2D eigenvalue weighted by Gasteiger charge is -2.30. The first-order valence-electron chi connectivity index (χ1n) is 11.3. The number of nitrogens with one attached hydrogen (secondary N) is 1. The van der Waals surface area contributed by atoms with Crippen molar-refractivity contribution in [3.05, 3.63) is 77.0 Å². The molecule has 0 atom stereocenters. The quantitative estimate of drug-likeness (QED) is 0.501. The highest BCUT2D eigenvalue weighted by molar-refractivity contribution is 6.00. The Morgan fingerprint density at radius 2 is 1.86 bits per heavy atom. The van der Waals surface area contributed by atoms with Gasteiger partial charge in [-0.3, -0.25) is 4.79 Å². The Balaban J connectivity index is 0.00000361. The highest BCUT2D eigenvalue weighted by Gasteiger charge is 2.33. The molecular formula is C26H26F3N5O. The van der Waals surface area contributed by atoms with Crippen LogP contribution in [-0.2, 0) is 12.7 Å². The Morgan fingerprint density at radius 3 is 2.51 bits per heavy atom. The zero-order chi connectivity index (χ0) is 25.0. The molecule has 0 radical (unpaired) electrons. The molecule has 1 aromatic heterocycles. The van der Waals surface area contributed by atoms with Gasteiger partial charge in [0.05, 0.1) is 28.5 Å². The van der Waals surface area contributed by atoms with Crippen molar-refractivity contribution in [1.82, 2.24) is 14.9 Å². The molecule has 2 heterocycles. The van der Waals surface area contributed by atoms with E-state index in [0.29, 0.717) is 41.4 Å². The monoisotopic (exact) mass is 481 g/mol. The molecule has 182 valence electrons. The molecule has 9 heteroatoms. The number of nitriles is 1. The molecule has 0 spiro atoms. The third kappa shape index (κ3) is 5.60. The second-order valence-corrected chi connectivity index (χ2v) is 8.63. The summed E-state index contributed by atoms with van der Waals surface area (Å²) < 4.78 is 40.0. The van der Waals surface area contributed by atoms with E-state index in [4.69, 9.17) is 5.26 Å². The molecule has 0 saturated carbocycles. The molecule has 0 bridgehead atoms. The van der Waals surface area contributed by atoms with E-state index in [1.165, 1.54) is 24.4 Å². The number of amides is 1. The maximum atomic E-state index is 13.3. The van der Waals surface area contributed by atoms with Crippen LogP contribution in [0.1, 0.15) is 48.2 Å². The zero-order valence-electron chi connectivity index (χ0n) is 19.1. The van der Waals surface area contributed by atoms with Crippen LogP contribution in [0.4, 0.5) is 19.1 Å². The van der Waals surface area contributed by atoms with Gasteiger partial charge in [-0.05, 0) is 42.5 Å². The van der Waals surface area contributed by atoms with Crippen LogP contribution in [-0.4, -0.2) is 33.9 Å². The van der Waals surface area contributed by atoms with Gasteiger partial charge in [0.15, 0.2) is 0 Å². The van der Waals surface area contributed by atoms with E-state index < -0.39 is 11.7 Å². The molecule has 3 aromatic rings. The molecule has 1 amide bonds. The van der Waals surface area contributed by atoms with E-state index in [9.17, 15) is 18.0 Å². The van der Waals surface area contributed by atoms with Gasteiger partial charge in [-0.2, -0.15) is 18.4 Å². The number of alkyl halides is 3. The van der Waals surface area contributed by atoms with Crippen LogP contribution in [0, 0.1) is 17.2 Å². The van der Waals surface area contributed by atoms with Crippen LogP contribution in [0.2, 0.25) is 0 Å². The number of anilines is 1. The van der Waals surface area contributed by atoms with Crippen molar-refractivity contribution >= 4 is 11.9 Å². The lowest BCUT2D eigenvalue weighted by atomic mass is 9.98. The SMILES string of the molecule is CC1CCN(C(=O)c2cnc(NCc3ccccc3C(F)(F)F)nc2-c2ccc(C#N)cc2)CC1.[HH]. The zero-order valence-corrected chi connectivity index (χ0v) is 19.1. The van der Waals surface area contributed by atoms with Gasteiger partial charge in [0, 0.05) is 32.8 Å². The number of nitrogens with zero attached hydrogens (tertiary/aromatic N) is 4. The summed E-state index contributed by atoms with van der Waals surface area (Å²) in [4.78, 5) is 23.8. The molecule has 6 nitrogen and oxygen atoms in total. The van der Waals surface area contributed by atoms with Crippen molar-refractivity contribution in [3.8, 4) is 17.3 Å². The highest BCUT2D eigenvalue weighted by Crippen LogP contribution is 2.32. The molecular weight excluding hydrogens is 455 g/mol. The number of carbonyl (C=O) groups is 1. The van der Waals surface area contributed by atoms with Gasteiger partial charge >= 0.3 is 6.18 Å². The Morgan fingerprint density at radius 1 is 1.17 bits per heavy atom. The molecule has 0 unspecified atom stereocenters. The van der Waals surface area contributed by atoms with E-state index in [1.54, 1.807) is 29.2 Å². The fourth-order valence-electron chi connectivity index (χ4n) is 4.05. The average Bonchev–Trinajstić information content (AvgIpc) is 2.87. The van der Waals surface area contributed by atoms with E-state index in [2.05, 4.69) is 28.3 Å². The molecule has 4 rings (SSSR count). The maximum Gasteiger partial charge on any atom is 0.416 e. The summed E-state index contributed by atoms with van der Waals surface area (Å²) >= 11 is 0. The van der Waals surface area contributed by atoms with Crippen molar-refractivity contribution in [1.29, 1.82) is 5.26 Å². The van der Waals surface area contributed by atoms with Crippen molar-refractivity contribution in [2.24, 2.45) is 5.92 Å². The Labute approximate surface area is 202 Å². The van der Waals surface area contributed by atoms with Crippen molar-refractivity contribution in [2.45, 2.75) is 32.5 Å². The number of hydrogen-bond acceptors (Lipinski definition) is 5. The molecule has 1 aliphatic heterocycles. The fourth-order valence-corrected chi connectivity index (χ4v) is 4.05. The second kappa shape index (κ2) is 10.1. The minimum Gasteiger partial charge on any atom is -0.350 e. The number of piperidine rings is 1. The molecule has 1 saturated heterocycles. The summed E-state index contributed by atoms with van der Waals surface area (Å²) in [5, 5.41) is 12.0. The summed E-state index contributed by atoms with van der Waals surface area (Å²) in [5.41, 5.74) is 1.07. The molecule has 2 aromatic carbocycles. The number of likely N-dealkylation sites (tertiary alicyclic amines) is 1. The summed E-state index contributed by atoms with van der Waals surface area (Å²) in [6.07, 6.45) is -1.23. The predicted molar refractivity (Wildman–Crippen MR) is 127 cm³/mol. The maximum absolute atomic E-state index is 13.3. The highest BCUT2D eigenvalue weighted by atomic mass is 19.4. The minimum atomic E-state index is -4.48. The fraction of sp³-hybridized carbons (Fsp3) is 0.308. The van der Waals surface area contributed by atoms with E-state index in [0.717, 1.165) is 18.9 Å². The molecule has 1 fully saturated rings. The lowest BCUT2D eigenvalue weighted by Crippen LogP contribution is -2.38. The minimum absolute atomic E-state index is 0. The molecule has 1 N–H and O–H groups in total. The van der Waals surface area contributed by atoms with E-state index in [-0.39, 0.29) is 25.4 Å². The molecule has 0 aliphatic carbocycles. The van der Waals surface area contributed by atoms with Gasteiger partial charge in [-0.1, -0.05) is 37.3 Å². The number of benzene rings is 2. The number of aromatic nitrogens is 2. The van der Waals surface area contributed by atoms with E-state index in [1.807, 2.05) is 0 Å². The van der Waals surface area contributed by atoms with Crippen molar-refractivity contribution < 1.29 is 19.4 Å². The first-order chi connectivity index (χ1) is 16.8. The van der Waals surface area contributed by atoms with Crippen LogP contribution >= 0.6 is 0 Å². The Bertz CT molecular complexity index is 1250. The van der Waals surface area contributed by atoms with Crippen LogP contribution in [0.15, 0.2) is 54.7 Å². The summed E-state index contributed by atoms with van der Waals surface area (Å²) in [7, 11) is 0. The van der Waals surface area contributed by atoms with Gasteiger partial charge in [0.25, 0.3) is 5.91 Å². The van der Waals surface area contributed by atoms with Gasteiger partial charge in [-0.15, -0.1) is 0 Å². The largest absolute Gasteiger partial charge is 0.416 e. The molecule has 35 heavy (non-hydrogen) atoms. The Kier molecular flexibility index (Phi) is 7.01. The van der Waals surface area contributed by atoms with Crippen LogP contribution < -0.4 is 5.32 Å². The average molecular weight is 482 g/mol. The van der Waals surface area contributed by atoms with Crippen molar-refractivity contribution in [2.75, 3.05) is 18.4 Å². The smallest absolute Gasteiger partial charge is 0.350 e. The summed E-state index contributed by atoms with van der Waals surface area (Å²) in [6, 6.07) is 14.0. The number of halogens is 3. The molecule has 1 aliphatic rings. The number of rotatable bonds is 5. The van der Waals surface area contributed by atoms with Gasteiger partial charge in [-0.25, -0.2) is 9.97 Å². The van der Waals surface area contributed by atoms with Crippen LogP contribution in [0.5, 0.6) is 0 Å². The Hall–Kier alpha value is -3.93. The summed E-state index contributed by atoms with van der Waals surface area (Å²) in [5.74, 6) is 0.467. The van der Waals surface area contributed by atoms with Gasteiger partial charge in [0.1, 0.15) is 0 Å². The van der Waals surface area contributed by atoms with Crippen molar-refractivity contribution in [3.63, 3.8) is 0 Å². The second-order valence-electron chi connectivity index (χ2n) is 8.63. The first-order valence-corrected chi connectivity index (χ1v) is 11.3. The van der Waals surface area contributed by atoms with Crippen LogP contribution in [0.3, 0.4) is 0 Å². The van der Waals surface area contributed by atoms with Gasteiger partial charge in [0.2, 0.25) is 5.95 Å². The lowest BCUT2D eigenvalue weighted by molar-refractivity contribution is -0.138. The third-order valence-electron chi connectivity index (χ3n) is 6.14. The van der Waals surface area contributed by atoms with E-state index >= 15 is 0 Å². The van der Waals surface area contributed by atoms with Gasteiger partial charge < -0.3 is 10.2 Å². The summed E-state index contributed by atoms with van der Waals surface area (Å²) in [6.45, 7) is 3.30. The number of hydrogen-bond donors (Lipinski definition) is 1. The number of carbonyl (C=O) groups excluding carboxylic acids is 1. The normalized spacial score (nSPS) is 14.4.